The second-order valence-electron chi connectivity index (χ2n) is 8.16. The molecule has 1 aliphatic rings. The van der Waals surface area contributed by atoms with E-state index < -0.39 is 17.7 Å². The van der Waals surface area contributed by atoms with Gasteiger partial charge in [-0.2, -0.15) is 0 Å². The number of hydrogen-bond donors (Lipinski definition) is 6. The number of H-pyrrole nitrogens is 1. The van der Waals surface area contributed by atoms with Crippen LogP contribution < -0.4 is 21.7 Å². The minimum absolute atomic E-state index is 0. The largest absolute Gasteiger partial charge is 0.508 e. The van der Waals surface area contributed by atoms with Crippen LogP contribution in [-0.2, 0) is 6.54 Å². The number of nitrogens with one attached hydrogen (secondary N) is 4. The van der Waals surface area contributed by atoms with Crippen molar-refractivity contribution >= 4 is 57.8 Å². The molecule has 1 aromatic heterocycles. The van der Waals surface area contributed by atoms with Gasteiger partial charge in [0.1, 0.15) is 5.75 Å². The molecule has 7 N–H and O–H groups in total. The van der Waals surface area contributed by atoms with E-state index >= 15 is 0 Å². The molecule has 0 atom stereocenters. The summed E-state index contributed by atoms with van der Waals surface area (Å²) in [6.07, 6.45) is 0. The van der Waals surface area contributed by atoms with Gasteiger partial charge in [0.2, 0.25) is 0 Å². The zero-order chi connectivity index (χ0) is 24.7. The van der Waals surface area contributed by atoms with Gasteiger partial charge in [-0.25, -0.2) is 0 Å². The summed E-state index contributed by atoms with van der Waals surface area (Å²) in [4.78, 5) is 53.5. The van der Waals surface area contributed by atoms with E-state index in [-0.39, 0.29) is 47.3 Å². The predicted molar refractivity (Wildman–Crippen MR) is 136 cm³/mol. The number of aromatic nitrogens is 1. The molecule has 4 aromatic rings. The van der Waals surface area contributed by atoms with Gasteiger partial charge >= 0.3 is 0 Å². The van der Waals surface area contributed by atoms with Crippen LogP contribution in [0.2, 0.25) is 0 Å². The molecule has 0 fully saturated rings. The number of imide groups is 1. The van der Waals surface area contributed by atoms with Gasteiger partial charge in [0.15, 0.2) is 0 Å². The number of benzene rings is 3. The Morgan fingerprint density at radius 2 is 1.78 bits per heavy atom. The quantitative estimate of drug-likeness (QED) is 0.218. The minimum atomic E-state index is -0.591. The van der Waals surface area contributed by atoms with E-state index in [4.69, 9.17) is 5.73 Å². The molecule has 0 radical (unpaired) electrons. The maximum absolute atomic E-state index is 13.2. The fourth-order valence-corrected chi connectivity index (χ4v) is 4.28. The zero-order valence-corrected chi connectivity index (χ0v) is 19.6. The van der Waals surface area contributed by atoms with Gasteiger partial charge in [0.25, 0.3) is 23.6 Å². The summed E-state index contributed by atoms with van der Waals surface area (Å²) in [5, 5.41) is 18.7. The first-order chi connectivity index (χ1) is 16.9. The Morgan fingerprint density at radius 3 is 2.56 bits per heavy atom. The Bertz CT molecular complexity index is 1560. The average Bonchev–Trinajstić information content (AvgIpc) is 3.36. The monoisotopic (exact) mass is 507 g/mol. The number of fused-ring (bicyclic) bond motifs is 5. The van der Waals surface area contributed by atoms with Crippen molar-refractivity contribution in [2.24, 2.45) is 5.73 Å². The van der Waals surface area contributed by atoms with Gasteiger partial charge in [-0.3, -0.25) is 24.5 Å². The number of hydrogen-bond acceptors (Lipinski definition) is 6. The number of amides is 4. The first kappa shape index (κ1) is 24.7. The van der Waals surface area contributed by atoms with Crippen molar-refractivity contribution in [2.75, 3.05) is 13.1 Å². The van der Waals surface area contributed by atoms with E-state index in [1.807, 2.05) is 0 Å². The van der Waals surface area contributed by atoms with Crippen LogP contribution in [0.5, 0.6) is 5.75 Å². The Hall–Kier alpha value is -4.41. The molecule has 0 saturated carbocycles. The molecule has 0 unspecified atom stereocenters. The number of aromatic hydroxyl groups is 1. The van der Waals surface area contributed by atoms with Gasteiger partial charge in [0, 0.05) is 41.5 Å². The molecule has 0 bridgehead atoms. The Labute approximate surface area is 210 Å². The molecule has 0 spiro atoms. The van der Waals surface area contributed by atoms with Crippen molar-refractivity contribution in [3.63, 3.8) is 0 Å². The second kappa shape index (κ2) is 9.68. The molecule has 1 aliphatic heterocycles. The van der Waals surface area contributed by atoms with Gasteiger partial charge in [-0.1, -0.05) is 12.1 Å². The number of phenolic OH excluding ortho intramolecular Hbond substituents is 1. The lowest BCUT2D eigenvalue weighted by atomic mass is 9.97. The predicted octanol–water partition coefficient (Wildman–Crippen LogP) is 1.95. The first-order valence-electron chi connectivity index (χ1n) is 10.9. The molecule has 2 heterocycles. The number of carbonyl (C=O) groups is 4. The number of aromatic amines is 1. The van der Waals surface area contributed by atoms with Crippen LogP contribution in [0.1, 0.15) is 47.0 Å². The van der Waals surface area contributed by atoms with Crippen molar-refractivity contribution in [2.45, 2.75) is 6.54 Å². The minimum Gasteiger partial charge on any atom is -0.508 e. The van der Waals surface area contributed by atoms with Crippen molar-refractivity contribution in [1.82, 2.24) is 20.9 Å². The topological polar surface area (TPSA) is 166 Å². The first-order valence-corrected chi connectivity index (χ1v) is 10.9. The third-order valence-electron chi connectivity index (χ3n) is 5.88. The van der Waals surface area contributed by atoms with Gasteiger partial charge in [-0.05, 0) is 42.0 Å². The molecule has 0 aliphatic carbocycles. The molecule has 10 nitrogen and oxygen atoms in total. The maximum Gasteiger partial charge on any atom is 0.259 e. The molecule has 36 heavy (non-hydrogen) atoms. The van der Waals surface area contributed by atoms with E-state index in [2.05, 4.69) is 20.9 Å². The van der Waals surface area contributed by atoms with E-state index in [0.717, 1.165) is 0 Å². The second-order valence-corrected chi connectivity index (χ2v) is 8.16. The third kappa shape index (κ3) is 4.23. The van der Waals surface area contributed by atoms with Gasteiger partial charge < -0.3 is 26.5 Å². The number of phenols is 1. The lowest BCUT2D eigenvalue weighted by Gasteiger charge is -2.10. The zero-order valence-electron chi connectivity index (χ0n) is 18.8. The Morgan fingerprint density at radius 1 is 0.972 bits per heavy atom. The van der Waals surface area contributed by atoms with Crippen LogP contribution in [0.25, 0.3) is 21.8 Å². The molecule has 0 saturated heterocycles. The highest BCUT2D eigenvalue weighted by Gasteiger charge is 2.33. The lowest BCUT2D eigenvalue weighted by Crippen LogP contribution is -2.29. The van der Waals surface area contributed by atoms with Gasteiger partial charge in [-0.15, -0.1) is 12.4 Å². The molecule has 184 valence electrons. The highest BCUT2D eigenvalue weighted by molar-refractivity contribution is 6.32. The van der Waals surface area contributed by atoms with Gasteiger partial charge in [0.05, 0.1) is 22.2 Å². The smallest absolute Gasteiger partial charge is 0.259 e. The van der Waals surface area contributed by atoms with Crippen LogP contribution >= 0.6 is 12.4 Å². The number of carbonyl (C=O) groups excluding carboxylic acids is 4. The van der Waals surface area contributed by atoms with Crippen molar-refractivity contribution in [1.29, 1.82) is 0 Å². The van der Waals surface area contributed by atoms with Crippen molar-refractivity contribution < 1.29 is 24.3 Å². The standard InChI is InChI=1S/C25H21N5O5.ClH/c26-6-7-27-22(32)13-3-1-2-12(8-13)11-28-23(33)17-10-16-20(25(35)30-24(16)34)19-15-9-14(31)4-5-18(15)29-21(17)19;/h1-5,8-10,29,31H,6-7,11,26H2,(H,27,32)(H,28,33)(H,30,34,35);1H. The van der Waals surface area contributed by atoms with Crippen molar-refractivity contribution in [3.8, 4) is 5.75 Å². The van der Waals surface area contributed by atoms with E-state index in [1.165, 1.54) is 18.2 Å². The fraction of sp³-hybridized carbons (Fsp3) is 0.120. The number of halogens is 1. The molecular formula is C25H22ClN5O5. The molecule has 11 heteroatoms. The summed E-state index contributed by atoms with van der Waals surface area (Å²) in [5.74, 6) is -1.90. The summed E-state index contributed by atoms with van der Waals surface area (Å²) in [5.41, 5.74) is 7.97. The summed E-state index contributed by atoms with van der Waals surface area (Å²) in [6, 6.07) is 12.8. The summed E-state index contributed by atoms with van der Waals surface area (Å²) in [6.45, 7) is 0.807. The third-order valence-corrected chi connectivity index (χ3v) is 5.88. The van der Waals surface area contributed by atoms with E-state index in [0.29, 0.717) is 46.0 Å². The number of nitrogens with two attached hydrogens (primary N) is 1. The summed E-state index contributed by atoms with van der Waals surface area (Å²) >= 11 is 0. The highest BCUT2D eigenvalue weighted by Crippen LogP contribution is 2.36. The molecular weight excluding hydrogens is 486 g/mol. The Kier molecular flexibility index (Phi) is 6.65. The normalized spacial score (nSPS) is 12.2. The van der Waals surface area contributed by atoms with Crippen LogP contribution in [-0.4, -0.2) is 46.8 Å². The molecule has 4 amide bonds. The van der Waals surface area contributed by atoms with Crippen LogP contribution in [0, 0.1) is 0 Å². The number of rotatable bonds is 6. The van der Waals surface area contributed by atoms with Crippen LogP contribution in [0.15, 0.2) is 48.5 Å². The average molecular weight is 508 g/mol. The van der Waals surface area contributed by atoms with Crippen LogP contribution in [0.3, 0.4) is 0 Å². The fourth-order valence-electron chi connectivity index (χ4n) is 4.28. The van der Waals surface area contributed by atoms with Crippen molar-refractivity contribution in [3.05, 3.63) is 76.3 Å². The SMILES string of the molecule is Cl.NCCNC(=O)c1cccc(CNC(=O)c2cc3c(c4c2[nH]c2ccc(O)cc24)C(=O)NC3=O)c1. The lowest BCUT2D eigenvalue weighted by molar-refractivity contribution is 0.0877. The van der Waals surface area contributed by atoms with E-state index in [9.17, 15) is 24.3 Å². The summed E-state index contributed by atoms with van der Waals surface area (Å²) in [7, 11) is 0. The molecule has 5 rings (SSSR count). The molecule has 3 aromatic carbocycles. The Balaban J connectivity index is 0.00000304. The summed E-state index contributed by atoms with van der Waals surface area (Å²) < 4.78 is 0. The van der Waals surface area contributed by atoms with E-state index in [1.54, 1.807) is 30.3 Å². The van der Waals surface area contributed by atoms with Crippen LogP contribution in [0.4, 0.5) is 0 Å². The maximum atomic E-state index is 13.2. The highest BCUT2D eigenvalue weighted by atomic mass is 35.5.